The Kier molecular flexibility index (Phi) is 12.8. The number of rotatable bonds is 16. The third-order valence-electron chi connectivity index (χ3n) is 7.70. The number of hydrogen-bond donors (Lipinski definition) is 2. The van der Waals surface area contributed by atoms with Crippen molar-refractivity contribution < 1.29 is 48.2 Å². The lowest BCUT2D eigenvalue weighted by Crippen LogP contribution is -2.23. The number of hydrogen-bond acceptors (Lipinski definition) is 10. The van der Waals surface area contributed by atoms with Crippen LogP contribution in [-0.2, 0) is 29.3 Å². The lowest BCUT2D eigenvalue weighted by atomic mass is 10.1. The molecule has 0 fully saturated rings. The van der Waals surface area contributed by atoms with Crippen molar-refractivity contribution in [2.45, 2.75) is 66.0 Å². The van der Waals surface area contributed by atoms with Crippen LogP contribution in [-0.4, -0.2) is 34.4 Å². The number of ether oxygens (including phenoxy) is 6. The molecule has 0 amide bonds. The number of phenolic OH excluding ortho intramolecular Hbond substituents is 2. The lowest BCUT2D eigenvalue weighted by Gasteiger charge is -2.23. The van der Waals surface area contributed by atoms with E-state index in [2.05, 4.69) is 0 Å². The molecule has 276 valence electrons. The first-order chi connectivity index (χ1) is 25.5. The molecule has 5 rings (SSSR count). The molecule has 0 aliphatic heterocycles. The number of phenols is 2. The van der Waals surface area contributed by atoms with E-state index in [1.807, 2.05) is 97.9 Å². The van der Waals surface area contributed by atoms with E-state index >= 15 is 0 Å². The summed E-state index contributed by atoms with van der Waals surface area (Å²) in [4.78, 5) is 27.0. The molecular formula is C43H44O10. The zero-order chi connectivity index (χ0) is 37.8. The minimum absolute atomic E-state index is 0.0144. The zero-order valence-corrected chi connectivity index (χ0v) is 30.3. The van der Waals surface area contributed by atoms with Crippen LogP contribution < -0.4 is 18.9 Å². The lowest BCUT2D eigenvalue weighted by molar-refractivity contribution is 0.00683. The largest absolute Gasteiger partial charge is 0.504 e. The van der Waals surface area contributed by atoms with Gasteiger partial charge in [0.2, 0.25) is 17.2 Å². The van der Waals surface area contributed by atoms with Gasteiger partial charge in [0.15, 0.2) is 23.0 Å². The summed E-state index contributed by atoms with van der Waals surface area (Å²) < 4.78 is 36.7. The summed E-state index contributed by atoms with van der Waals surface area (Å²) in [5.74, 6) is -3.19. The second kappa shape index (κ2) is 17.9. The highest BCUT2D eigenvalue weighted by molar-refractivity contribution is 5.96. The van der Waals surface area contributed by atoms with Crippen LogP contribution in [0.5, 0.6) is 40.2 Å². The fraction of sp³-hybridized carbons (Fsp3) is 0.256. The molecule has 2 N–H and O–H groups in total. The molecule has 0 spiro atoms. The van der Waals surface area contributed by atoms with Gasteiger partial charge in [-0.1, -0.05) is 104 Å². The predicted molar refractivity (Wildman–Crippen MR) is 199 cm³/mol. The van der Waals surface area contributed by atoms with Crippen molar-refractivity contribution in [3.05, 3.63) is 137 Å². The van der Waals surface area contributed by atoms with Crippen molar-refractivity contribution in [3.8, 4) is 40.2 Å². The first-order valence-corrected chi connectivity index (χ1v) is 17.4. The standard InChI is InChI=1S/C43H44O10/c1-5-6-22-48-42(47)33-25-36(49-26-29-16-10-7-11-17-29)39(50-27-30-18-12-8-13-19-30)40(51-28-31-20-14-9-15-21-31)38(33)52-35-24-32(23-34(44)37(35)45)41(46)53-43(2,3)4/h7-21,23-25,44-45H,5-6,22,26-28H2,1-4H3. The Morgan fingerprint density at radius 1 is 0.623 bits per heavy atom. The molecule has 0 saturated carbocycles. The van der Waals surface area contributed by atoms with Gasteiger partial charge >= 0.3 is 11.9 Å². The minimum Gasteiger partial charge on any atom is -0.504 e. The van der Waals surface area contributed by atoms with Crippen LogP contribution in [0.3, 0.4) is 0 Å². The van der Waals surface area contributed by atoms with Gasteiger partial charge in [-0.15, -0.1) is 0 Å². The molecular weight excluding hydrogens is 676 g/mol. The maximum atomic E-state index is 13.9. The summed E-state index contributed by atoms with van der Waals surface area (Å²) in [7, 11) is 0. The maximum absolute atomic E-state index is 13.9. The van der Waals surface area contributed by atoms with Crippen LogP contribution in [0, 0.1) is 0 Å². The normalized spacial score (nSPS) is 11.0. The van der Waals surface area contributed by atoms with E-state index in [1.165, 1.54) is 12.1 Å². The van der Waals surface area contributed by atoms with Crippen molar-refractivity contribution in [1.29, 1.82) is 0 Å². The average Bonchev–Trinajstić information content (AvgIpc) is 3.15. The van der Waals surface area contributed by atoms with Crippen molar-refractivity contribution in [2.75, 3.05) is 6.61 Å². The quantitative estimate of drug-likeness (QED) is 0.0577. The predicted octanol–water partition coefficient (Wildman–Crippen LogP) is 9.54. The van der Waals surface area contributed by atoms with Gasteiger partial charge in [-0.25, -0.2) is 9.59 Å². The molecule has 0 aliphatic rings. The molecule has 0 unspecified atom stereocenters. The number of carbonyl (C=O) groups is 2. The van der Waals surface area contributed by atoms with Gasteiger partial charge in [-0.05, 0) is 56.0 Å². The molecule has 10 nitrogen and oxygen atoms in total. The Labute approximate surface area is 309 Å². The number of unbranched alkanes of at least 4 members (excludes halogenated alkanes) is 1. The molecule has 0 atom stereocenters. The Balaban J connectivity index is 1.70. The van der Waals surface area contributed by atoms with Crippen LogP contribution in [0.4, 0.5) is 0 Å². The zero-order valence-electron chi connectivity index (χ0n) is 30.3. The fourth-order valence-corrected chi connectivity index (χ4v) is 5.04. The molecule has 5 aromatic rings. The van der Waals surface area contributed by atoms with E-state index in [9.17, 15) is 19.8 Å². The average molecular weight is 721 g/mol. The van der Waals surface area contributed by atoms with Gasteiger partial charge < -0.3 is 38.6 Å². The van der Waals surface area contributed by atoms with Gasteiger partial charge in [0, 0.05) is 6.07 Å². The molecule has 10 heteroatoms. The van der Waals surface area contributed by atoms with E-state index in [-0.39, 0.29) is 66.3 Å². The third kappa shape index (κ3) is 10.7. The van der Waals surface area contributed by atoms with E-state index in [1.54, 1.807) is 20.8 Å². The molecule has 0 aliphatic carbocycles. The monoisotopic (exact) mass is 720 g/mol. The number of carbonyl (C=O) groups excluding carboxylic acids is 2. The van der Waals surface area contributed by atoms with Gasteiger partial charge in [0.1, 0.15) is 31.0 Å². The Morgan fingerprint density at radius 3 is 1.68 bits per heavy atom. The van der Waals surface area contributed by atoms with Crippen LogP contribution >= 0.6 is 0 Å². The maximum Gasteiger partial charge on any atom is 0.342 e. The van der Waals surface area contributed by atoms with Crippen molar-refractivity contribution in [1.82, 2.24) is 0 Å². The third-order valence-corrected chi connectivity index (χ3v) is 7.70. The van der Waals surface area contributed by atoms with Crippen LogP contribution in [0.15, 0.2) is 109 Å². The highest BCUT2D eigenvalue weighted by Crippen LogP contribution is 2.51. The van der Waals surface area contributed by atoms with Gasteiger partial charge in [0.25, 0.3) is 0 Å². The molecule has 0 heterocycles. The number of aromatic hydroxyl groups is 2. The van der Waals surface area contributed by atoms with Gasteiger partial charge in [-0.3, -0.25) is 0 Å². The number of benzene rings is 5. The van der Waals surface area contributed by atoms with E-state index in [0.717, 1.165) is 29.2 Å². The molecule has 0 aromatic heterocycles. The summed E-state index contributed by atoms with van der Waals surface area (Å²) in [6.07, 6.45) is 1.39. The summed E-state index contributed by atoms with van der Waals surface area (Å²) in [5.41, 5.74) is 1.43. The van der Waals surface area contributed by atoms with Crippen molar-refractivity contribution in [3.63, 3.8) is 0 Å². The smallest absolute Gasteiger partial charge is 0.342 e. The molecule has 0 radical (unpaired) electrons. The van der Waals surface area contributed by atoms with Crippen LogP contribution in [0.25, 0.3) is 0 Å². The highest BCUT2D eigenvalue weighted by atomic mass is 16.6. The van der Waals surface area contributed by atoms with E-state index < -0.39 is 29.0 Å². The van der Waals surface area contributed by atoms with E-state index in [4.69, 9.17) is 28.4 Å². The molecule has 5 aromatic carbocycles. The van der Waals surface area contributed by atoms with Crippen molar-refractivity contribution >= 4 is 11.9 Å². The highest BCUT2D eigenvalue weighted by Gasteiger charge is 2.31. The van der Waals surface area contributed by atoms with E-state index in [0.29, 0.717) is 6.42 Å². The summed E-state index contributed by atoms with van der Waals surface area (Å²) >= 11 is 0. The Bertz CT molecular complexity index is 1970. The summed E-state index contributed by atoms with van der Waals surface area (Å²) in [5, 5.41) is 21.8. The first-order valence-electron chi connectivity index (χ1n) is 17.4. The SMILES string of the molecule is CCCCOC(=O)c1cc(OCc2ccccc2)c(OCc2ccccc2)c(OCc2ccccc2)c1Oc1cc(C(=O)OC(C)(C)C)cc(O)c1O. The van der Waals surface area contributed by atoms with Crippen LogP contribution in [0.2, 0.25) is 0 Å². The van der Waals surface area contributed by atoms with Crippen molar-refractivity contribution in [2.24, 2.45) is 0 Å². The first kappa shape index (κ1) is 38.1. The molecule has 0 saturated heterocycles. The topological polar surface area (TPSA) is 130 Å². The Morgan fingerprint density at radius 2 is 1.15 bits per heavy atom. The Hall–Kier alpha value is -6.16. The fourth-order valence-electron chi connectivity index (χ4n) is 5.04. The molecule has 0 bridgehead atoms. The van der Waals surface area contributed by atoms with Gasteiger partial charge in [0.05, 0.1) is 12.2 Å². The second-order valence-corrected chi connectivity index (χ2v) is 13.2. The number of esters is 2. The summed E-state index contributed by atoms with van der Waals surface area (Å²) in [6, 6.07) is 32.0. The minimum atomic E-state index is -0.847. The van der Waals surface area contributed by atoms with Crippen LogP contribution in [0.1, 0.15) is 77.9 Å². The molecule has 53 heavy (non-hydrogen) atoms. The summed E-state index contributed by atoms with van der Waals surface area (Å²) in [6.45, 7) is 7.43. The van der Waals surface area contributed by atoms with Gasteiger partial charge in [-0.2, -0.15) is 0 Å². The second-order valence-electron chi connectivity index (χ2n) is 13.2.